The summed E-state index contributed by atoms with van der Waals surface area (Å²) in [6, 6.07) is 7.73. The van der Waals surface area contributed by atoms with Gasteiger partial charge in [0.15, 0.2) is 5.69 Å². The third kappa shape index (κ3) is 4.12. The van der Waals surface area contributed by atoms with Crippen molar-refractivity contribution in [2.45, 2.75) is 39.5 Å². The van der Waals surface area contributed by atoms with Crippen LogP contribution in [0.5, 0.6) is 5.88 Å². The lowest BCUT2D eigenvalue weighted by atomic mass is 10.2. The molecule has 6 heteroatoms. The lowest BCUT2D eigenvalue weighted by Crippen LogP contribution is -2.30. The molecule has 2 rings (SSSR count). The van der Waals surface area contributed by atoms with E-state index in [1.807, 2.05) is 31.3 Å². The van der Waals surface area contributed by atoms with Gasteiger partial charge in [0.25, 0.3) is 0 Å². The molecular weight excluding hydrogens is 320 g/mol. The van der Waals surface area contributed by atoms with Crippen LogP contribution in [0.25, 0.3) is 10.9 Å². The Morgan fingerprint density at radius 3 is 2.42 bits per heavy atom. The summed E-state index contributed by atoms with van der Waals surface area (Å²) in [5.74, 6) is 0.108. The van der Waals surface area contributed by atoms with Crippen LogP contribution in [-0.2, 0) is 7.05 Å². The van der Waals surface area contributed by atoms with Gasteiger partial charge in [0.1, 0.15) is 0 Å². The number of para-hydroxylation sites is 1. The first-order valence-corrected chi connectivity index (χ1v) is 8.98. The van der Waals surface area contributed by atoms with Crippen molar-refractivity contribution in [3.05, 3.63) is 24.3 Å². The monoisotopic (exact) mass is 346 g/mol. The highest BCUT2D eigenvalue weighted by Crippen LogP contribution is 2.37. The molecule has 0 saturated carbocycles. The van der Waals surface area contributed by atoms with Crippen LogP contribution >= 0.6 is 12.2 Å². The second-order valence-electron chi connectivity index (χ2n) is 5.93. The fourth-order valence-electron chi connectivity index (χ4n) is 2.62. The maximum atomic E-state index is 10.3. The largest absolute Gasteiger partial charge is 0.493 e. The van der Waals surface area contributed by atoms with E-state index >= 15 is 0 Å². The second kappa shape index (κ2) is 8.78. The van der Waals surface area contributed by atoms with Gasteiger partial charge in [-0.15, -0.1) is 10.2 Å². The minimum atomic E-state index is 0.108. The molecule has 0 atom stereocenters. The molecule has 24 heavy (non-hydrogen) atoms. The molecule has 0 aliphatic carbocycles. The number of aromatic hydroxyl groups is 1. The van der Waals surface area contributed by atoms with Gasteiger partial charge >= 0.3 is 0 Å². The molecule has 0 aliphatic rings. The Labute approximate surface area is 149 Å². The normalized spacial score (nSPS) is 11.5. The fourth-order valence-corrected chi connectivity index (χ4v) is 2.84. The molecule has 1 aromatic carbocycles. The first-order chi connectivity index (χ1) is 11.6. The lowest BCUT2D eigenvalue weighted by molar-refractivity contribution is 0.399. The highest BCUT2D eigenvalue weighted by Gasteiger charge is 2.14. The summed E-state index contributed by atoms with van der Waals surface area (Å²) in [6.07, 6.45) is 4.40. The van der Waals surface area contributed by atoms with Gasteiger partial charge in [0, 0.05) is 25.5 Å². The summed E-state index contributed by atoms with van der Waals surface area (Å²) >= 11 is 5.45. The third-order valence-electron chi connectivity index (χ3n) is 4.12. The Hall–Kier alpha value is -1.95. The Morgan fingerprint density at radius 1 is 1.17 bits per heavy atom. The number of rotatable bonds is 7. The third-order valence-corrected chi connectivity index (χ3v) is 4.46. The highest BCUT2D eigenvalue weighted by molar-refractivity contribution is 7.80. The molecule has 0 amide bonds. The van der Waals surface area contributed by atoms with Crippen molar-refractivity contribution in [3.63, 3.8) is 0 Å². The van der Waals surface area contributed by atoms with E-state index in [1.54, 1.807) is 4.57 Å². The fraction of sp³-hybridized carbons (Fsp3) is 0.500. The average molecular weight is 347 g/mol. The molecule has 0 unspecified atom stereocenters. The molecule has 0 spiro atoms. The highest BCUT2D eigenvalue weighted by atomic mass is 32.1. The minimum absolute atomic E-state index is 0.108. The van der Waals surface area contributed by atoms with Crippen molar-refractivity contribution in [1.82, 2.24) is 9.47 Å². The van der Waals surface area contributed by atoms with Crippen molar-refractivity contribution in [3.8, 4) is 5.88 Å². The van der Waals surface area contributed by atoms with E-state index in [2.05, 4.69) is 29.0 Å². The van der Waals surface area contributed by atoms with Gasteiger partial charge in [-0.3, -0.25) is 0 Å². The van der Waals surface area contributed by atoms with Crippen molar-refractivity contribution in [2.24, 2.45) is 17.3 Å². The molecule has 2 aromatic rings. The predicted octanol–water partition coefficient (Wildman–Crippen LogP) is 5.15. The molecule has 130 valence electrons. The van der Waals surface area contributed by atoms with Crippen molar-refractivity contribution >= 4 is 33.9 Å². The van der Waals surface area contributed by atoms with Crippen LogP contribution in [0.4, 0.5) is 5.69 Å². The number of thiocarbonyl (C=S) groups is 1. The SMILES string of the molecule is CCCCN(CCCC)C(=S)N=Nc1c(O)n(C)c2ccccc12. The van der Waals surface area contributed by atoms with E-state index in [1.165, 1.54) is 0 Å². The number of azo groups is 1. The molecule has 0 radical (unpaired) electrons. The summed E-state index contributed by atoms with van der Waals surface area (Å²) in [7, 11) is 1.81. The number of aromatic nitrogens is 1. The molecule has 1 heterocycles. The van der Waals surface area contributed by atoms with Gasteiger partial charge in [0.2, 0.25) is 11.0 Å². The average Bonchev–Trinajstić information content (AvgIpc) is 2.84. The van der Waals surface area contributed by atoms with Gasteiger partial charge in [-0.2, -0.15) is 0 Å². The van der Waals surface area contributed by atoms with Crippen LogP contribution in [0.15, 0.2) is 34.5 Å². The zero-order valence-corrected chi connectivity index (χ0v) is 15.5. The Bertz CT molecular complexity index is 715. The van der Waals surface area contributed by atoms with E-state index in [4.69, 9.17) is 12.2 Å². The first-order valence-electron chi connectivity index (χ1n) is 8.57. The number of nitrogens with zero attached hydrogens (tertiary/aromatic N) is 4. The van der Waals surface area contributed by atoms with E-state index in [9.17, 15) is 5.11 Å². The molecule has 5 nitrogen and oxygen atoms in total. The first kappa shape index (κ1) is 18.4. The Kier molecular flexibility index (Phi) is 6.73. The molecule has 0 fully saturated rings. The molecule has 0 bridgehead atoms. The van der Waals surface area contributed by atoms with Gasteiger partial charge in [0.05, 0.1) is 5.52 Å². The van der Waals surface area contributed by atoms with Crippen LogP contribution in [0.3, 0.4) is 0 Å². The van der Waals surface area contributed by atoms with Crippen molar-refractivity contribution in [2.75, 3.05) is 13.1 Å². The molecule has 1 aromatic heterocycles. The number of benzene rings is 1. The molecule has 0 saturated heterocycles. The van der Waals surface area contributed by atoms with Crippen molar-refractivity contribution in [1.29, 1.82) is 0 Å². The predicted molar refractivity (Wildman–Crippen MR) is 103 cm³/mol. The smallest absolute Gasteiger partial charge is 0.220 e. The molecule has 1 N–H and O–H groups in total. The zero-order chi connectivity index (χ0) is 17.5. The maximum absolute atomic E-state index is 10.3. The van der Waals surface area contributed by atoms with Crippen LogP contribution in [-0.4, -0.2) is 32.8 Å². The van der Waals surface area contributed by atoms with Crippen molar-refractivity contribution < 1.29 is 5.11 Å². The summed E-state index contributed by atoms with van der Waals surface area (Å²) in [4.78, 5) is 2.11. The van der Waals surface area contributed by atoms with E-state index in [-0.39, 0.29) is 5.88 Å². The standard InChI is InChI=1S/C18H26N4OS/c1-4-6-12-22(13-7-5-2)18(24)20-19-16-14-10-8-9-11-15(14)21(3)17(16)23/h8-11,23H,4-7,12-13H2,1-3H3. The molecular formula is C18H26N4OS. The number of hydrogen-bond acceptors (Lipinski definition) is 3. The number of hydrogen-bond donors (Lipinski definition) is 1. The zero-order valence-electron chi connectivity index (χ0n) is 14.7. The number of fused-ring (bicyclic) bond motifs is 1. The van der Waals surface area contributed by atoms with E-state index in [0.29, 0.717) is 10.8 Å². The van der Waals surface area contributed by atoms with Crippen LogP contribution in [0.2, 0.25) is 0 Å². The summed E-state index contributed by atoms with van der Waals surface area (Å²) in [5.41, 5.74) is 1.39. The summed E-state index contributed by atoms with van der Waals surface area (Å²) in [5, 5.41) is 20.2. The van der Waals surface area contributed by atoms with Gasteiger partial charge < -0.3 is 14.6 Å². The topological polar surface area (TPSA) is 53.1 Å². The molecule has 0 aliphatic heterocycles. The minimum Gasteiger partial charge on any atom is -0.493 e. The lowest BCUT2D eigenvalue weighted by Gasteiger charge is -2.21. The summed E-state index contributed by atoms with van der Waals surface area (Å²) < 4.78 is 1.71. The van der Waals surface area contributed by atoms with Crippen LogP contribution in [0, 0.1) is 0 Å². The van der Waals surface area contributed by atoms with Gasteiger partial charge in [-0.25, -0.2) is 0 Å². The Morgan fingerprint density at radius 2 is 1.79 bits per heavy atom. The quantitative estimate of drug-likeness (QED) is 0.557. The van der Waals surface area contributed by atoms with E-state index < -0.39 is 0 Å². The van der Waals surface area contributed by atoms with Crippen LogP contribution in [0.1, 0.15) is 39.5 Å². The maximum Gasteiger partial charge on any atom is 0.220 e. The van der Waals surface area contributed by atoms with Crippen LogP contribution < -0.4 is 0 Å². The van der Waals surface area contributed by atoms with Gasteiger partial charge in [-0.1, -0.05) is 44.9 Å². The van der Waals surface area contributed by atoms with Gasteiger partial charge in [-0.05, 0) is 31.1 Å². The Balaban J connectivity index is 2.22. The number of aryl methyl sites for hydroxylation is 1. The second-order valence-corrected chi connectivity index (χ2v) is 6.29. The van der Waals surface area contributed by atoms with E-state index in [0.717, 1.165) is 49.7 Å². The summed E-state index contributed by atoms with van der Waals surface area (Å²) in [6.45, 7) is 6.12. The number of unbranched alkanes of at least 4 members (excludes halogenated alkanes) is 2.